The van der Waals surface area contributed by atoms with Crippen molar-refractivity contribution in [3.63, 3.8) is 0 Å². The number of carbonyl (C=O) groups is 2. The standard InChI is InChI=1S/C32H27N3O9/c1-32(34-21-4-2-3-18-20(33)8-9-22(35-32)28(18)21)15-42-26(38)11-12-27(39)43-17-6-7-19-25(14-17)44-31(30(41)29(19)40)16-5-10-23(36)24(37)13-16/h2-10,13-14,34-37,41H,11-12,15,33H2,1H3. The van der Waals surface area contributed by atoms with Crippen LogP contribution < -0.4 is 26.5 Å². The number of hydrogen-bond donors (Lipinski definition) is 6. The van der Waals surface area contributed by atoms with Crippen molar-refractivity contribution in [3.05, 3.63) is 77.0 Å². The van der Waals surface area contributed by atoms with E-state index in [1.165, 1.54) is 30.3 Å². The first-order valence-corrected chi connectivity index (χ1v) is 13.6. The Hall–Kier alpha value is -5.91. The number of carbonyl (C=O) groups excluding carboxylic acids is 2. The summed E-state index contributed by atoms with van der Waals surface area (Å²) in [5.41, 5.74) is 7.05. The molecule has 1 atom stereocenters. The van der Waals surface area contributed by atoms with Crippen LogP contribution in [0.1, 0.15) is 19.8 Å². The van der Waals surface area contributed by atoms with E-state index in [4.69, 9.17) is 19.6 Å². The van der Waals surface area contributed by atoms with Gasteiger partial charge in [0.2, 0.25) is 11.2 Å². The lowest BCUT2D eigenvalue weighted by molar-refractivity contribution is -0.147. The van der Waals surface area contributed by atoms with Crippen LogP contribution in [-0.4, -0.2) is 39.5 Å². The van der Waals surface area contributed by atoms with Gasteiger partial charge < -0.3 is 45.6 Å². The lowest BCUT2D eigenvalue weighted by atomic mass is 9.99. The summed E-state index contributed by atoms with van der Waals surface area (Å²) in [6.07, 6.45) is -0.504. The van der Waals surface area contributed by atoms with E-state index in [2.05, 4.69) is 10.6 Å². The molecule has 224 valence electrons. The first-order chi connectivity index (χ1) is 21.0. The highest BCUT2D eigenvalue weighted by atomic mass is 16.5. The number of nitrogen functional groups attached to an aromatic ring is 1. The van der Waals surface area contributed by atoms with Crippen molar-refractivity contribution in [1.29, 1.82) is 0 Å². The SMILES string of the molecule is CC1(COC(=O)CCC(=O)Oc2ccc3c(=O)c(O)c(-c4ccc(O)c(O)c4)oc3c2)Nc2cccc3c(N)ccc(c23)N1. The fraction of sp³-hybridized carbons (Fsp3) is 0.156. The molecule has 6 rings (SSSR count). The average Bonchev–Trinajstić information content (AvgIpc) is 3.00. The third-order valence-corrected chi connectivity index (χ3v) is 7.26. The zero-order chi connectivity index (χ0) is 31.2. The first-order valence-electron chi connectivity index (χ1n) is 13.6. The molecule has 0 saturated carbocycles. The molecule has 5 aromatic rings. The quantitative estimate of drug-likeness (QED) is 0.0651. The molecule has 12 nitrogen and oxygen atoms in total. The molecule has 0 spiro atoms. The molecule has 12 heteroatoms. The Morgan fingerprint density at radius 1 is 0.886 bits per heavy atom. The molecule has 0 aliphatic carbocycles. The Labute approximate surface area is 249 Å². The summed E-state index contributed by atoms with van der Waals surface area (Å²) in [4.78, 5) is 37.8. The van der Waals surface area contributed by atoms with Gasteiger partial charge in [-0.1, -0.05) is 12.1 Å². The van der Waals surface area contributed by atoms with Crippen LogP contribution in [0.25, 0.3) is 33.1 Å². The zero-order valence-corrected chi connectivity index (χ0v) is 23.3. The van der Waals surface area contributed by atoms with Gasteiger partial charge in [-0.3, -0.25) is 14.4 Å². The van der Waals surface area contributed by atoms with Crippen molar-refractivity contribution in [3.8, 4) is 34.3 Å². The monoisotopic (exact) mass is 597 g/mol. The van der Waals surface area contributed by atoms with Crippen LogP contribution in [0, 0.1) is 0 Å². The number of phenolic OH excluding ortho intramolecular Hbond substituents is 2. The summed E-state index contributed by atoms with van der Waals surface area (Å²) in [6.45, 7) is 1.82. The van der Waals surface area contributed by atoms with Gasteiger partial charge in [0.1, 0.15) is 23.6 Å². The molecule has 44 heavy (non-hydrogen) atoms. The second kappa shape index (κ2) is 10.7. The number of nitrogens with two attached hydrogens (primary N) is 1. The molecule has 0 bridgehead atoms. The molecule has 1 aliphatic heterocycles. The van der Waals surface area contributed by atoms with E-state index in [0.717, 1.165) is 28.2 Å². The van der Waals surface area contributed by atoms with Crippen LogP contribution in [0.3, 0.4) is 0 Å². The molecule has 0 fully saturated rings. The normalized spacial score (nSPS) is 15.4. The summed E-state index contributed by atoms with van der Waals surface area (Å²) < 4.78 is 16.5. The van der Waals surface area contributed by atoms with Crippen LogP contribution in [0.15, 0.2) is 75.9 Å². The molecule has 1 aliphatic rings. The van der Waals surface area contributed by atoms with E-state index in [1.807, 2.05) is 37.3 Å². The molecule has 0 amide bonds. The number of ether oxygens (including phenoxy) is 2. The minimum absolute atomic E-state index is 0.000697. The summed E-state index contributed by atoms with van der Waals surface area (Å²) in [7, 11) is 0. The molecule has 0 radical (unpaired) electrons. The van der Waals surface area contributed by atoms with E-state index < -0.39 is 34.5 Å². The lowest BCUT2D eigenvalue weighted by Gasteiger charge is -2.38. The summed E-state index contributed by atoms with van der Waals surface area (Å²) in [5.74, 6) is -3.08. The van der Waals surface area contributed by atoms with E-state index in [0.29, 0.717) is 5.69 Å². The van der Waals surface area contributed by atoms with Gasteiger partial charge in [0.05, 0.1) is 18.2 Å². The van der Waals surface area contributed by atoms with E-state index in [1.54, 1.807) is 0 Å². The molecule has 1 aromatic heterocycles. The number of nitrogens with one attached hydrogen (secondary N) is 2. The number of hydrogen-bond acceptors (Lipinski definition) is 12. The smallest absolute Gasteiger partial charge is 0.311 e. The van der Waals surface area contributed by atoms with E-state index in [-0.39, 0.29) is 53.2 Å². The second-order valence-electron chi connectivity index (χ2n) is 10.6. The highest BCUT2D eigenvalue weighted by molar-refractivity contribution is 6.09. The first kappa shape index (κ1) is 28.2. The number of aromatic hydroxyl groups is 3. The number of fused-ring (bicyclic) bond motifs is 1. The number of rotatable bonds is 7. The fourth-order valence-corrected chi connectivity index (χ4v) is 5.11. The van der Waals surface area contributed by atoms with Gasteiger partial charge in [-0.15, -0.1) is 0 Å². The second-order valence-corrected chi connectivity index (χ2v) is 10.6. The Kier molecular flexibility index (Phi) is 6.88. The van der Waals surface area contributed by atoms with Crippen LogP contribution in [-0.2, 0) is 14.3 Å². The molecule has 2 heterocycles. The number of esters is 2. The average molecular weight is 598 g/mol. The molecule has 1 unspecified atom stereocenters. The molecular weight excluding hydrogens is 570 g/mol. The topological polar surface area (TPSA) is 194 Å². The zero-order valence-electron chi connectivity index (χ0n) is 23.3. The van der Waals surface area contributed by atoms with Gasteiger partial charge in [-0.2, -0.15) is 0 Å². The van der Waals surface area contributed by atoms with Crippen molar-refractivity contribution in [2.24, 2.45) is 0 Å². The summed E-state index contributed by atoms with van der Waals surface area (Å²) in [5, 5.41) is 38.3. The summed E-state index contributed by atoms with van der Waals surface area (Å²) >= 11 is 0. The molecule has 0 saturated heterocycles. The molecular formula is C32H27N3O9. The Morgan fingerprint density at radius 2 is 1.64 bits per heavy atom. The van der Waals surface area contributed by atoms with Crippen molar-refractivity contribution < 1.29 is 38.8 Å². The minimum Gasteiger partial charge on any atom is -0.504 e. The third kappa shape index (κ3) is 5.24. The summed E-state index contributed by atoms with van der Waals surface area (Å²) in [6, 6.07) is 17.0. The van der Waals surface area contributed by atoms with Gasteiger partial charge in [0, 0.05) is 39.5 Å². The maximum absolute atomic E-state index is 12.7. The maximum Gasteiger partial charge on any atom is 0.311 e. The molecule has 4 aromatic carbocycles. The van der Waals surface area contributed by atoms with Gasteiger partial charge in [0.15, 0.2) is 17.3 Å². The largest absolute Gasteiger partial charge is 0.504 e. The van der Waals surface area contributed by atoms with E-state index >= 15 is 0 Å². The highest BCUT2D eigenvalue weighted by Gasteiger charge is 2.31. The van der Waals surface area contributed by atoms with E-state index in [9.17, 15) is 29.7 Å². The van der Waals surface area contributed by atoms with Gasteiger partial charge in [0.25, 0.3) is 0 Å². The Balaban J connectivity index is 1.08. The van der Waals surface area contributed by atoms with Gasteiger partial charge in [-0.05, 0) is 55.5 Å². The van der Waals surface area contributed by atoms with Crippen LogP contribution >= 0.6 is 0 Å². The predicted octanol–water partition coefficient (Wildman–Crippen LogP) is 4.79. The lowest BCUT2D eigenvalue weighted by Crippen LogP contribution is -2.49. The van der Waals surface area contributed by atoms with Gasteiger partial charge >= 0.3 is 11.9 Å². The Bertz CT molecular complexity index is 2020. The maximum atomic E-state index is 12.7. The van der Waals surface area contributed by atoms with Crippen molar-refractivity contribution >= 4 is 50.7 Å². The minimum atomic E-state index is -0.811. The molecule has 7 N–H and O–H groups in total. The fourth-order valence-electron chi connectivity index (χ4n) is 5.11. The van der Waals surface area contributed by atoms with Crippen molar-refractivity contribution in [2.75, 3.05) is 23.0 Å². The predicted molar refractivity (Wildman–Crippen MR) is 163 cm³/mol. The van der Waals surface area contributed by atoms with Crippen molar-refractivity contribution in [1.82, 2.24) is 0 Å². The number of anilines is 3. The van der Waals surface area contributed by atoms with Crippen LogP contribution in [0.5, 0.6) is 23.0 Å². The van der Waals surface area contributed by atoms with Crippen LogP contribution in [0.4, 0.5) is 17.1 Å². The van der Waals surface area contributed by atoms with Gasteiger partial charge in [-0.25, -0.2) is 0 Å². The number of benzene rings is 4. The van der Waals surface area contributed by atoms with Crippen molar-refractivity contribution in [2.45, 2.75) is 25.4 Å². The number of phenols is 2. The van der Waals surface area contributed by atoms with Crippen LogP contribution in [0.2, 0.25) is 0 Å². The third-order valence-electron chi connectivity index (χ3n) is 7.26. The highest BCUT2D eigenvalue weighted by Crippen LogP contribution is 2.40. The Morgan fingerprint density at radius 3 is 2.41 bits per heavy atom.